The first-order valence-electron chi connectivity index (χ1n) is 7.43. The fraction of sp³-hybridized carbons (Fsp3) is 0.533. The monoisotopic (exact) mass is 379 g/mol. The SMILES string of the molecule is CCOc1c([C@@H](C)OS(C)(=O)=O)cc(Cl)c(F)c1[C@@H]1CNC(=O)C1. The van der Waals surface area contributed by atoms with Gasteiger partial charge in [0.2, 0.25) is 5.91 Å². The summed E-state index contributed by atoms with van der Waals surface area (Å²) in [4.78, 5) is 11.5. The predicted molar refractivity (Wildman–Crippen MR) is 87.3 cm³/mol. The minimum Gasteiger partial charge on any atom is -0.493 e. The molecule has 0 saturated carbocycles. The van der Waals surface area contributed by atoms with Crippen LogP contribution in [-0.4, -0.2) is 33.7 Å². The molecule has 1 fully saturated rings. The number of hydrogen-bond donors (Lipinski definition) is 1. The Morgan fingerprint density at radius 3 is 2.67 bits per heavy atom. The van der Waals surface area contributed by atoms with E-state index in [-0.39, 0.29) is 41.8 Å². The van der Waals surface area contributed by atoms with Gasteiger partial charge in [-0.2, -0.15) is 8.42 Å². The van der Waals surface area contributed by atoms with Crippen molar-refractivity contribution in [3.63, 3.8) is 0 Å². The Bertz CT molecular complexity index is 753. The summed E-state index contributed by atoms with van der Waals surface area (Å²) in [5.41, 5.74) is 0.490. The third kappa shape index (κ3) is 4.17. The van der Waals surface area contributed by atoms with Gasteiger partial charge in [-0.05, 0) is 19.9 Å². The summed E-state index contributed by atoms with van der Waals surface area (Å²) < 4.78 is 48.0. The number of nitrogens with one attached hydrogen (secondary N) is 1. The summed E-state index contributed by atoms with van der Waals surface area (Å²) in [6, 6.07) is 1.30. The summed E-state index contributed by atoms with van der Waals surface area (Å²) >= 11 is 5.98. The minimum absolute atomic E-state index is 0.109. The van der Waals surface area contributed by atoms with Crippen LogP contribution in [0, 0.1) is 5.82 Å². The Hall–Kier alpha value is -1.38. The van der Waals surface area contributed by atoms with E-state index in [0.717, 1.165) is 6.26 Å². The van der Waals surface area contributed by atoms with Gasteiger partial charge in [0.1, 0.15) is 17.7 Å². The molecular weight excluding hydrogens is 361 g/mol. The lowest BCUT2D eigenvalue weighted by molar-refractivity contribution is -0.119. The number of amides is 1. The van der Waals surface area contributed by atoms with E-state index >= 15 is 0 Å². The molecule has 0 unspecified atom stereocenters. The van der Waals surface area contributed by atoms with Crippen molar-refractivity contribution in [2.24, 2.45) is 0 Å². The van der Waals surface area contributed by atoms with Crippen LogP contribution in [0.1, 0.15) is 43.4 Å². The van der Waals surface area contributed by atoms with Crippen LogP contribution in [-0.2, 0) is 19.1 Å². The normalized spacial score (nSPS) is 19.2. The second-order valence-electron chi connectivity index (χ2n) is 5.59. The highest BCUT2D eigenvalue weighted by Gasteiger charge is 2.33. The molecular formula is C15H19ClFNO5S. The highest BCUT2D eigenvalue weighted by molar-refractivity contribution is 7.86. The average molecular weight is 380 g/mol. The molecule has 1 aliphatic heterocycles. The van der Waals surface area contributed by atoms with Crippen molar-refractivity contribution >= 4 is 27.6 Å². The van der Waals surface area contributed by atoms with Crippen molar-refractivity contribution < 1.29 is 26.5 Å². The predicted octanol–water partition coefficient (Wildman–Crippen LogP) is 2.52. The smallest absolute Gasteiger partial charge is 0.264 e. The lowest BCUT2D eigenvalue weighted by Gasteiger charge is -2.22. The van der Waals surface area contributed by atoms with E-state index in [4.69, 9.17) is 20.5 Å². The molecule has 2 atom stereocenters. The van der Waals surface area contributed by atoms with Gasteiger partial charge in [0.05, 0.1) is 17.9 Å². The van der Waals surface area contributed by atoms with Gasteiger partial charge in [-0.15, -0.1) is 0 Å². The zero-order valence-electron chi connectivity index (χ0n) is 13.6. The molecule has 134 valence electrons. The van der Waals surface area contributed by atoms with Crippen molar-refractivity contribution in [1.29, 1.82) is 0 Å². The van der Waals surface area contributed by atoms with Gasteiger partial charge in [0, 0.05) is 30.0 Å². The molecule has 1 N–H and O–H groups in total. The van der Waals surface area contributed by atoms with Crippen molar-refractivity contribution in [3.8, 4) is 5.75 Å². The van der Waals surface area contributed by atoms with Gasteiger partial charge in [0.25, 0.3) is 10.1 Å². The molecule has 0 spiro atoms. The van der Waals surface area contributed by atoms with Crippen LogP contribution < -0.4 is 10.1 Å². The molecule has 0 radical (unpaired) electrons. The highest BCUT2D eigenvalue weighted by atomic mass is 35.5. The lowest BCUT2D eigenvalue weighted by Crippen LogP contribution is -2.15. The number of hydrogen-bond acceptors (Lipinski definition) is 5. The number of halogens is 2. The molecule has 0 bridgehead atoms. The molecule has 0 aliphatic carbocycles. The maximum atomic E-state index is 14.6. The zero-order chi connectivity index (χ0) is 18.1. The van der Waals surface area contributed by atoms with Crippen LogP contribution in [0.4, 0.5) is 4.39 Å². The molecule has 1 amide bonds. The first-order valence-corrected chi connectivity index (χ1v) is 9.63. The summed E-state index contributed by atoms with van der Waals surface area (Å²) in [5, 5.41) is 2.47. The Morgan fingerprint density at radius 2 is 2.17 bits per heavy atom. The van der Waals surface area contributed by atoms with Gasteiger partial charge >= 0.3 is 0 Å². The average Bonchev–Trinajstić information content (AvgIpc) is 2.87. The largest absolute Gasteiger partial charge is 0.493 e. The third-order valence-corrected chi connectivity index (χ3v) is 4.58. The fourth-order valence-corrected chi connectivity index (χ4v) is 3.59. The quantitative estimate of drug-likeness (QED) is 0.768. The minimum atomic E-state index is -3.73. The topological polar surface area (TPSA) is 81.7 Å². The van der Waals surface area contributed by atoms with E-state index in [1.165, 1.54) is 13.0 Å². The van der Waals surface area contributed by atoms with Gasteiger partial charge in [-0.1, -0.05) is 11.6 Å². The first kappa shape index (κ1) is 19.0. The van der Waals surface area contributed by atoms with Crippen molar-refractivity contribution in [2.45, 2.75) is 32.3 Å². The summed E-state index contributed by atoms with van der Waals surface area (Å²) in [7, 11) is -3.73. The number of carbonyl (C=O) groups excluding carboxylic acids is 1. The van der Waals surface area contributed by atoms with E-state index in [1.807, 2.05) is 0 Å². The molecule has 1 aliphatic rings. The van der Waals surface area contributed by atoms with Crippen LogP contribution in [0.3, 0.4) is 0 Å². The van der Waals surface area contributed by atoms with Crippen molar-refractivity contribution in [2.75, 3.05) is 19.4 Å². The number of carbonyl (C=O) groups is 1. The van der Waals surface area contributed by atoms with E-state index in [9.17, 15) is 17.6 Å². The molecule has 9 heteroatoms. The van der Waals surface area contributed by atoms with Crippen LogP contribution in [0.25, 0.3) is 0 Å². The highest BCUT2D eigenvalue weighted by Crippen LogP contribution is 2.42. The van der Waals surface area contributed by atoms with Crippen LogP contribution in [0.15, 0.2) is 6.07 Å². The van der Waals surface area contributed by atoms with Gasteiger partial charge < -0.3 is 10.1 Å². The third-order valence-electron chi connectivity index (χ3n) is 3.67. The number of rotatable bonds is 6. The van der Waals surface area contributed by atoms with Crippen LogP contribution >= 0.6 is 11.6 Å². The van der Waals surface area contributed by atoms with Crippen LogP contribution in [0.2, 0.25) is 5.02 Å². The van der Waals surface area contributed by atoms with E-state index in [1.54, 1.807) is 6.92 Å². The molecule has 6 nitrogen and oxygen atoms in total. The van der Waals surface area contributed by atoms with Gasteiger partial charge in [0.15, 0.2) is 0 Å². The first-order chi connectivity index (χ1) is 11.1. The molecule has 1 heterocycles. The van der Waals surface area contributed by atoms with Gasteiger partial charge in [-0.3, -0.25) is 8.98 Å². The second-order valence-corrected chi connectivity index (χ2v) is 7.59. The maximum Gasteiger partial charge on any atom is 0.264 e. The van der Waals surface area contributed by atoms with E-state index in [0.29, 0.717) is 5.56 Å². The summed E-state index contributed by atoms with van der Waals surface area (Å²) in [6.07, 6.45) is 0.122. The van der Waals surface area contributed by atoms with E-state index < -0.39 is 28.0 Å². The molecule has 2 rings (SSSR count). The zero-order valence-corrected chi connectivity index (χ0v) is 15.1. The Kier molecular flexibility index (Phi) is 5.72. The second kappa shape index (κ2) is 7.25. The van der Waals surface area contributed by atoms with Crippen LogP contribution in [0.5, 0.6) is 5.75 Å². The Labute approximate surface area is 145 Å². The Morgan fingerprint density at radius 1 is 1.50 bits per heavy atom. The molecule has 24 heavy (non-hydrogen) atoms. The lowest BCUT2D eigenvalue weighted by atomic mass is 9.93. The molecule has 1 aromatic carbocycles. The number of ether oxygens (including phenoxy) is 1. The Balaban J connectivity index is 2.58. The molecule has 1 aromatic rings. The standard InChI is InChI=1S/C15H19ClFNO5S/c1-4-22-15-10(8(2)23-24(3,20)21)6-11(16)14(17)13(15)9-5-12(19)18-7-9/h6,8-9H,4-5,7H2,1-3H3,(H,18,19)/t8-,9+/m1/s1. The summed E-state index contributed by atoms with van der Waals surface area (Å²) in [5.74, 6) is -1.13. The number of benzene rings is 1. The summed E-state index contributed by atoms with van der Waals surface area (Å²) in [6.45, 7) is 3.73. The van der Waals surface area contributed by atoms with E-state index in [2.05, 4.69) is 5.32 Å². The fourth-order valence-electron chi connectivity index (χ4n) is 2.74. The van der Waals surface area contributed by atoms with Crippen molar-refractivity contribution in [1.82, 2.24) is 5.32 Å². The molecule has 0 aromatic heterocycles. The van der Waals surface area contributed by atoms with Gasteiger partial charge in [-0.25, -0.2) is 4.39 Å². The van der Waals surface area contributed by atoms with Crippen molar-refractivity contribution in [3.05, 3.63) is 28.0 Å². The maximum absolute atomic E-state index is 14.6. The molecule has 1 saturated heterocycles.